The van der Waals surface area contributed by atoms with Gasteiger partial charge in [-0.05, 0) is 75.2 Å². The number of piperazine rings is 1. The first-order valence-electron chi connectivity index (χ1n) is 12.4. The molecule has 0 spiro atoms. The van der Waals surface area contributed by atoms with E-state index in [1.165, 1.54) is 30.4 Å². The van der Waals surface area contributed by atoms with Crippen molar-refractivity contribution in [3.05, 3.63) is 47.0 Å². The summed E-state index contributed by atoms with van der Waals surface area (Å²) in [4.78, 5) is 23.0. The molecule has 2 aromatic rings. The second-order valence-electron chi connectivity index (χ2n) is 11.3. The minimum atomic E-state index is -0.127. The van der Waals surface area contributed by atoms with Crippen LogP contribution in [-0.2, 0) is 16.8 Å². The summed E-state index contributed by atoms with van der Waals surface area (Å²) in [7, 11) is 0. The van der Waals surface area contributed by atoms with E-state index in [1.807, 2.05) is 6.92 Å². The largest absolute Gasteiger partial charge is 0.340 e. The third-order valence-electron chi connectivity index (χ3n) is 8.85. The maximum Gasteiger partial charge on any atom is 0.228 e. The van der Waals surface area contributed by atoms with Crippen LogP contribution in [0.15, 0.2) is 24.3 Å². The fraction of sp³-hybridized carbons (Fsp3) is 0.654. The normalized spacial score (nSPS) is 34.2. The van der Waals surface area contributed by atoms with E-state index in [4.69, 9.17) is 0 Å². The molecule has 2 atom stereocenters. The molecule has 2 heterocycles. The molecule has 5 fully saturated rings. The minimum Gasteiger partial charge on any atom is -0.340 e. The standard InChI is InChI=1S/C26H35N5O/c1-18-3-5-22(6-4-18)25-12-20-11-21(13-25)15-26(14-20,17-25)24(32)31-9-7-30(8-10-31)16-23-27-19(2)28-29-23/h3-6,20-21H,7-17H2,1-2H3,(H,27,28,29). The fourth-order valence-electron chi connectivity index (χ4n) is 7.86. The van der Waals surface area contributed by atoms with Gasteiger partial charge in [0.15, 0.2) is 5.82 Å². The Bertz CT molecular complexity index is 989. The Morgan fingerprint density at radius 3 is 2.34 bits per heavy atom. The van der Waals surface area contributed by atoms with E-state index in [9.17, 15) is 4.79 Å². The molecule has 1 saturated heterocycles. The third-order valence-corrected chi connectivity index (χ3v) is 8.85. The van der Waals surface area contributed by atoms with E-state index >= 15 is 0 Å². The summed E-state index contributed by atoms with van der Waals surface area (Å²) in [5.74, 6) is 3.60. The van der Waals surface area contributed by atoms with Gasteiger partial charge in [-0.1, -0.05) is 29.8 Å². The van der Waals surface area contributed by atoms with Gasteiger partial charge in [0.25, 0.3) is 0 Å². The lowest BCUT2D eigenvalue weighted by molar-refractivity contribution is -0.162. The van der Waals surface area contributed by atoms with Gasteiger partial charge in [0, 0.05) is 26.2 Å². The number of carbonyl (C=O) groups is 1. The molecule has 4 aliphatic carbocycles. The van der Waals surface area contributed by atoms with Crippen LogP contribution in [-0.4, -0.2) is 57.1 Å². The van der Waals surface area contributed by atoms with Crippen LogP contribution >= 0.6 is 0 Å². The number of aromatic amines is 1. The number of benzene rings is 1. The quantitative estimate of drug-likeness (QED) is 0.800. The van der Waals surface area contributed by atoms with E-state index in [0.29, 0.717) is 5.91 Å². The lowest BCUT2D eigenvalue weighted by Gasteiger charge is -2.62. The Labute approximate surface area is 190 Å². The van der Waals surface area contributed by atoms with Crippen LogP contribution in [0, 0.1) is 31.1 Å². The van der Waals surface area contributed by atoms with Gasteiger partial charge in [-0.3, -0.25) is 14.8 Å². The maximum absolute atomic E-state index is 14.0. The van der Waals surface area contributed by atoms with Crippen LogP contribution in [0.2, 0.25) is 0 Å². The summed E-state index contributed by atoms with van der Waals surface area (Å²) in [6.07, 6.45) is 7.20. The zero-order chi connectivity index (χ0) is 21.9. The van der Waals surface area contributed by atoms with E-state index in [0.717, 1.165) is 75.5 Å². The first-order valence-corrected chi connectivity index (χ1v) is 12.4. The highest BCUT2D eigenvalue weighted by atomic mass is 16.2. The van der Waals surface area contributed by atoms with E-state index in [-0.39, 0.29) is 10.8 Å². The highest BCUT2D eigenvalue weighted by molar-refractivity contribution is 5.84. The van der Waals surface area contributed by atoms with E-state index in [1.54, 1.807) is 0 Å². The van der Waals surface area contributed by atoms with Crippen molar-refractivity contribution in [1.29, 1.82) is 0 Å². The van der Waals surface area contributed by atoms with Crippen molar-refractivity contribution in [3.8, 4) is 0 Å². The predicted molar refractivity (Wildman–Crippen MR) is 123 cm³/mol. The molecular weight excluding hydrogens is 398 g/mol. The molecule has 6 heteroatoms. The summed E-state index contributed by atoms with van der Waals surface area (Å²) in [5.41, 5.74) is 2.90. The molecule has 1 amide bonds. The SMILES string of the molecule is Cc1ccc(C23CC4CC(CC(C(=O)N5CCN(Cc6n[nH]c(C)n6)CC5)(C4)C2)C3)cc1. The molecule has 4 saturated carbocycles. The molecule has 0 radical (unpaired) electrons. The molecule has 1 aromatic carbocycles. The summed E-state index contributed by atoms with van der Waals surface area (Å²) in [5, 5.41) is 7.20. The molecular formula is C26H35N5O. The zero-order valence-corrected chi connectivity index (χ0v) is 19.4. The van der Waals surface area contributed by atoms with Gasteiger partial charge in [-0.2, -0.15) is 5.10 Å². The number of hydrogen-bond donors (Lipinski definition) is 1. The van der Waals surface area contributed by atoms with Gasteiger partial charge in [0.2, 0.25) is 5.91 Å². The maximum atomic E-state index is 14.0. The summed E-state index contributed by atoms with van der Waals surface area (Å²) in [6.45, 7) is 8.34. The van der Waals surface area contributed by atoms with Crippen molar-refractivity contribution >= 4 is 5.91 Å². The van der Waals surface area contributed by atoms with E-state index in [2.05, 4.69) is 56.2 Å². The van der Waals surface area contributed by atoms with Gasteiger partial charge in [-0.25, -0.2) is 4.98 Å². The minimum absolute atomic E-state index is 0.127. The van der Waals surface area contributed by atoms with Gasteiger partial charge in [0.1, 0.15) is 5.82 Å². The first kappa shape index (κ1) is 20.4. The topological polar surface area (TPSA) is 65.1 Å². The highest BCUT2D eigenvalue weighted by Gasteiger charge is 2.61. The summed E-state index contributed by atoms with van der Waals surface area (Å²) < 4.78 is 0. The van der Waals surface area contributed by atoms with Crippen molar-refractivity contribution in [1.82, 2.24) is 25.0 Å². The number of rotatable bonds is 4. The number of aromatic nitrogens is 3. The molecule has 1 aliphatic heterocycles. The fourth-order valence-corrected chi connectivity index (χ4v) is 7.86. The Kier molecular flexibility index (Phi) is 4.72. The zero-order valence-electron chi connectivity index (χ0n) is 19.4. The number of hydrogen-bond acceptors (Lipinski definition) is 4. The summed E-state index contributed by atoms with van der Waals surface area (Å²) >= 11 is 0. The lowest BCUT2D eigenvalue weighted by Crippen LogP contribution is -2.61. The molecule has 4 bridgehead atoms. The second kappa shape index (κ2) is 7.41. The number of nitrogens with one attached hydrogen (secondary N) is 1. The van der Waals surface area contributed by atoms with Gasteiger partial charge in [-0.15, -0.1) is 0 Å². The van der Waals surface area contributed by atoms with Gasteiger partial charge in [0.05, 0.1) is 12.0 Å². The monoisotopic (exact) mass is 433 g/mol. The lowest BCUT2D eigenvalue weighted by atomic mass is 9.42. The van der Waals surface area contributed by atoms with Crippen molar-refractivity contribution in [2.75, 3.05) is 26.2 Å². The van der Waals surface area contributed by atoms with Gasteiger partial charge < -0.3 is 4.90 Å². The summed E-state index contributed by atoms with van der Waals surface area (Å²) in [6, 6.07) is 9.23. The highest BCUT2D eigenvalue weighted by Crippen LogP contribution is 2.66. The number of H-pyrrole nitrogens is 1. The average molecular weight is 434 g/mol. The molecule has 5 aliphatic rings. The van der Waals surface area contributed by atoms with Crippen molar-refractivity contribution in [2.24, 2.45) is 17.3 Å². The first-order chi connectivity index (χ1) is 15.4. The number of carbonyl (C=O) groups excluding carboxylic acids is 1. The molecule has 170 valence electrons. The number of aryl methyl sites for hydroxylation is 2. The second-order valence-corrected chi connectivity index (χ2v) is 11.3. The Morgan fingerprint density at radius 2 is 1.72 bits per heavy atom. The Morgan fingerprint density at radius 1 is 1.03 bits per heavy atom. The number of amides is 1. The third kappa shape index (κ3) is 3.38. The van der Waals surface area contributed by atoms with E-state index < -0.39 is 0 Å². The van der Waals surface area contributed by atoms with Crippen molar-refractivity contribution < 1.29 is 4.79 Å². The van der Waals surface area contributed by atoms with Crippen LogP contribution < -0.4 is 0 Å². The Hall–Kier alpha value is -2.21. The van der Waals surface area contributed by atoms with Crippen molar-refractivity contribution in [2.45, 2.75) is 64.3 Å². The van der Waals surface area contributed by atoms with Crippen LogP contribution in [0.4, 0.5) is 0 Å². The number of nitrogens with zero attached hydrogens (tertiary/aromatic N) is 4. The van der Waals surface area contributed by atoms with Gasteiger partial charge >= 0.3 is 0 Å². The van der Waals surface area contributed by atoms with Crippen LogP contribution in [0.3, 0.4) is 0 Å². The van der Waals surface area contributed by atoms with Crippen LogP contribution in [0.25, 0.3) is 0 Å². The molecule has 1 aromatic heterocycles. The molecule has 6 nitrogen and oxygen atoms in total. The molecule has 2 unspecified atom stereocenters. The van der Waals surface area contributed by atoms with Crippen LogP contribution in [0.1, 0.15) is 61.3 Å². The van der Waals surface area contributed by atoms with Crippen LogP contribution in [0.5, 0.6) is 0 Å². The van der Waals surface area contributed by atoms with Crippen molar-refractivity contribution in [3.63, 3.8) is 0 Å². The predicted octanol–water partition coefficient (Wildman–Crippen LogP) is 3.60. The smallest absolute Gasteiger partial charge is 0.228 e. The molecule has 7 rings (SSSR count). The molecule has 32 heavy (non-hydrogen) atoms. The molecule has 1 N–H and O–H groups in total. The average Bonchev–Trinajstić information content (AvgIpc) is 3.18. The Balaban J connectivity index is 1.18.